The number of hydrogen-bond donors (Lipinski definition) is 1. The van der Waals surface area contributed by atoms with Gasteiger partial charge in [0.1, 0.15) is 11.0 Å². The Morgan fingerprint density at radius 3 is 2.75 bits per heavy atom. The van der Waals surface area contributed by atoms with E-state index < -0.39 is 6.04 Å². The van der Waals surface area contributed by atoms with Gasteiger partial charge in [-0.05, 0) is 12.5 Å². The van der Waals surface area contributed by atoms with Gasteiger partial charge in [0.25, 0.3) is 0 Å². The Morgan fingerprint density at radius 1 is 1.25 bits per heavy atom. The van der Waals surface area contributed by atoms with E-state index in [1.165, 1.54) is 0 Å². The fourth-order valence-corrected chi connectivity index (χ4v) is 2.66. The average molecular weight is 286 g/mol. The molecule has 0 saturated carbocycles. The highest BCUT2D eigenvalue weighted by Crippen LogP contribution is 2.19. The lowest BCUT2D eigenvalue weighted by Crippen LogP contribution is -2.12. The molecule has 0 radical (unpaired) electrons. The Balaban J connectivity index is 1.76. The predicted octanol–water partition coefficient (Wildman–Crippen LogP) is 2.47. The molecule has 0 amide bonds. The highest BCUT2D eigenvalue weighted by Gasteiger charge is 2.17. The van der Waals surface area contributed by atoms with E-state index in [9.17, 15) is 0 Å². The van der Waals surface area contributed by atoms with Gasteiger partial charge >= 0.3 is 0 Å². The van der Waals surface area contributed by atoms with E-state index in [4.69, 9.17) is 10.3 Å². The summed E-state index contributed by atoms with van der Waals surface area (Å²) in [6, 6.07) is 9.31. The molecule has 20 heavy (non-hydrogen) atoms. The van der Waals surface area contributed by atoms with Gasteiger partial charge in [0.15, 0.2) is 5.82 Å². The molecule has 3 aromatic rings. The van der Waals surface area contributed by atoms with E-state index in [1.807, 2.05) is 42.6 Å². The number of rotatable bonds is 4. The molecule has 0 aliphatic heterocycles. The minimum atomic E-state index is -0.393. The van der Waals surface area contributed by atoms with Crippen LogP contribution < -0.4 is 5.73 Å². The van der Waals surface area contributed by atoms with Crippen molar-refractivity contribution in [3.63, 3.8) is 0 Å². The lowest BCUT2D eigenvalue weighted by atomic mass is 10.1. The number of aryl methyl sites for hydroxylation is 1. The Hall–Kier alpha value is -2.05. The monoisotopic (exact) mass is 286 g/mol. The van der Waals surface area contributed by atoms with Crippen LogP contribution in [0.15, 0.2) is 40.2 Å². The molecule has 2 aromatic heterocycles. The molecule has 6 heteroatoms. The van der Waals surface area contributed by atoms with Crippen LogP contribution >= 0.6 is 11.3 Å². The number of hydrogen-bond acceptors (Lipinski definition) is 6. The largest absolute Gasteiger partial charge is 0.337 e. The van der Waals surface area contributed by atoms with Crippen molar-refractivity contribution in [1.82, 2.24) is 15.1 Å². The highest BCUT2D eigenvalue weighted by atomic mass is 32.1. The van der Waals surface area contributed by atoms with Crippen LogP contribution in [0.5, 0.6) is 0 Å². The minimum absolute atomic E-state index is 0.393. The summed E-state index contributed by atoms with van der Waals surface area (Å²) in [5.41, 5.74) is 8.08. The van der Waals surface area contributed by atoms with Crippen LogP contribution in [0.4, 0.5) is 0 Å². The second-order valence-corrected chi connectivity index (χ2v) is 5.44. The molecule has 0 bridgehead atoms. The van der Waals surface area contributed by atoms with Crippen molar-refractivity contribution in [1.29, 1.82) is 0 Å². The summed E-state index contributed by atoms with van der Waals surface area (Å²) in [4.78, 5) is 8.74. The van der Waals surface area contributed by atoms with Crippen LogP contribution in [0.3, 0.4) is 0 Å². The quantitative estimate of drug-likeness (QED) is 0.797. The zero-order valence-electron chi connectivity index (χ0n) is 11.0. The molecule has 0 saturated heterocycles. The molecule has 0 aliphatic carbocycles. The van der Waals surface area contributed by atoms with Gasteiger partial charge in [-0.1, -0.05) is 35.5 Å². The predicted molar refractivity (Wildman–Crippen MR) is 76.4 cm³/mol. The van der Waals surface area contributed by atoms with E-state index in [0.29, 0.717) is 18.1 Å². The van der Waals surface area contributed by atoms with Crippen LogP contribution in [-0.2, 0) is 6.42 Å². The summed E-state index contributed by atoms with van der Waals surface area (Å²) in [6.45, 7) is 1.97. The van der Waals surface area contributed by atoms with Crippen LogP contribution in [0, 0.1) is 6.92 Å². The van der Waals surface area contributed by atoms with Gasteiger partial charge in [0.05, 0.1) is 6.42 Å². The summed E-state index contributed by atoms with van der Waals surface area (Å²) in [5.74, 6) is 1.04. The van der Waals surface area contributed by atoms with Gasteiger partial charge in [-0.2, -0.15) is 4.98 Å². The van der Waals surface area contributed by atoms with Crippen molar-refractivity contribution >= 4 is 11.3 Å². The van der Waals surface area contributed by atoms with Crippen molar-refractivity contribution in [2.24, 2.45) is 5.73 Å². The molecule has 2 N–H and O–H groups in total. The first kappa shape index (κ1) is 13.0. The molecule has 1 atom stereocenters. The van der Waals surface area contributed by atoms with Crippen LogP contribution in [0.1, 0.15) is 34.0 Å². The van der Waals surface area contributed by atoms with Crippen LogP contribution in [0.25, 0.3) is 0 Å². The number of aromatic nitrogens is 3. The first-order valence-electron chi connectivity index (χ1n) is 6.26. The van der Waals surface area contributed by atoms with Crippen molar-refractivity contribution in [2.45, 2.75) is 19.4 Å². The number of nitrogens with two attached hydrogens (primary N) is 1. The fourth-order valence-electron chi connectivity index (χ4n) is 1.89. The number of benzene rings is 1. The molecule has 1 aromatic carbocycles. The first-order valence-corrected chi connectivity index (χ1v) is 7.14. The maximum absolute atomic E-state index is 6.12. The third-order valence-electron chi connectivity index (χ3n) is 2.88. The van der Waals surface area contributed by atoms with Gasteiger partial charge in [-0.3, -0.25) is 0 Å². The summed E-state index contributed by atoms with van der Waals surface area (Å²) in [6.07, 6.45) is 0.573. The molecule has 3 rings (SSSR count). The smallest absolute Gasteiger partial charge is 0.248 e. The van der Waals surface area contributed by atoms with E-state index in [1.54, 1.807) is 11.3 Å². The molecule has 5 nitrogen and oxygen atoms in total. The molecule has 0 fully saturated rings. The van der Waals surface area contributed by atoms with Crippen molar-refractivity contribution in [3.8, 4) is 0 Å². The summed E-state index contributed by atoms with van der Waals surface area (Å²) in [5, 5.41) is 6.95. The maximum atomic E-state index is 6.12. The third-order valence-corrected chi connectivity index (χ3v) is 3.85. The highest BCUT2D eigenvalue weighted by molar-refractivity contribution is 7.09. The first-order chi connectivity index (χ1) is 9.72. The van der Waals surface area contributed by atoms with E-state index in [2.05, 4.69) is 15.1 Å². The second-order valence-electron chi connectivity index (χ2n) is 4.50. The zero-order chi connectivity index (χ0) is 13.9. The van der Waals surface area contributed by atoms with Crippen LogP contribution in [-0.4, -0.2) is 15.1 Å². The Kier molecular flexibility index (Phi) is 3.58. The molecular formula is C14H14N4OS. The van der Waals surface area contributed by atoms with E-state index >= 15 is 0 Å². The molecule has 0 unspecified atom stereocenters. The second kappa shape index (κ2) is 5.52. The zero-order valence-corrected chi connectivity index (χ0v) is 11.8. The van der Waals surface area contributed by atoms with Gasteiger partial charge in [-0.25, -0.2) is 4.98 Å². The Labute approximate surface area is 120 Å². The molecule has 0 spiro atoms. The van der Waals surface area contributed by atoms with E-state index in [0.717, 1.165) is 16.3 Å². The molecule has 102 valence electrons. The third kappa shape index (κ3) is 2.76. The molecular weight excluding hydrogens is 272 g/mol. The van der Waals surface area contributed by atoms with Crippen molar-refractivity contribution in [2.75, 3.05) is 0 Å². The average Bonchev–Trinajstić information content (AvgIpc) is 3.09. The summed E-state index contributed by atoms with van der Waals surface area (Å²) in [7, 11) is 0. The van der Waals surface area contributed by atoms with Crippen molar-refractivity contribution < 1.29 is 4.52 Å². The summed E-state index contributed by atoms with van der Waals surface area (Å²) < 4.78 is 5.25. The normalized spacial score (nSPS) is 12.5. The van der Waals surface area contributed by atoms with Crippen LogP contribution in [0.2, 0.25) is 0 Å². The number of thiazole rings is 1. The maximum Gasteiger partial charge on any atom is 0.248 e. The van der Waals surface area contributed by atoms with Gasteiger partial charge in [0.2, 0.25) is 5.89 Å². The van der Waals surface area contributed by atoms with Gasteiger partial charge in [-0.15, -0.1) is 11.3 Å². The van der Waals surface area contributed by atoms with E-state index in [-0.39, 0.29) is 0 Å². The number of nitrogens with zero attached hydrogens (tertiary/aromatic N) is 3. The lowest BCUT2D eigenvalue weighted by molar-refractivity contribution is 0.363. The molecule has 0 aliphatic rings. The topological polar surface area (TPSA) is 77.8 Å². The van der Waals surface area contributed by atoms with Gasteiger partial charge in [0, 0.05) is 11.1 Å². The SMILES string of the molecule is Cc1csc(Cc2noc([C@H](N)c3ccccc3)n2)n1. The Bertz CT molecular complexity index is 692. The minimum Gasteiger partial charge on any atom is -0.337 e. The summed E-state index contributed by atoms with van der Waals surface area (Å²) >= 11 is 1.59. The fraction of sp³-hybridized carbons (Fsp3) is 0.214. The standard InChI is InChI=1S/C14H14N4OS/c1-9-8-20-12(16-9)7-11-17-14(19-18-11)13(15)10-5-3-2-4-6-10/h2-6,8,13H,7,15H2,1H3/t13-/m1/s1. The van der Waals surface area contributed by atoms with Gasteiger partial charge < -0.3 is 10.3 Å². The molecule has 2 heterocycles. The lowest BCUT2D eigenvalue weighted by Gasteiger charge is -2.05. The Morgan fingerprint density at radius 2 is 2.05 bits per heavy atom. The van der Waals surface area contributed by atoms with Crippen molar-refractivity contribution in [3.05, 3.63) is 63.7 Å².